The van der Waals surface area contributed by atoms with E-state index in [-0.39, 0.29) is 11.5 Å². The summed E-state index contributed by atoms with van der Waals surface area (Å²) in [6.45, 7) is 8.27. The van der Waals surface area contributed by atoms with Gasteiger partial charge in [0.15, 0.2) is 0 Å². The first-order valence-electron chi connectivity index (χ1n) is 5.55. The average molecular weight is 219 g/mol. The van der Waals surface area contributed by atoms with Crippen LogP contribution < -0.4 is 11.3 Å². The predicted octanol–water partition coefficient (Wildman–Crippen LogP) is 2.45. The van der Waals surface area contributed by atoms with E-state index in [0.29, 0.717) is 0 Å². The van der Waals surface area contributed by atoms with Crippen molar-refractivity contribution in [2.45, 2.75) is 39.2 Å². The number of hydrogen-bond donors (Lipinski definition) is 2. The van der Waals surface area contributed by atoms with Gasteiger partial charge in [0.25, 0.3) is 0 Å². The predicted molar refractivity (Wildman–Crippen MR) is 69.4 cm³/mol. The summed E-state index contributed by atoms with van der Waals surface area (Å²) in [6.07, 6.45) is 0. The number of hydrogen-bond acceptors (Lipinski definition) is 2. The van der Waals surface area contributed by atoms with Gasteiger partial charge in [-0.15, -0.1) is 0 Å². The van der Waals surface area contributed by atoms with Crippen molar-refractivity contribution in [2.75, 3.05) is 0 Å². The molecule has 3 N–H and O–H groups in total. The molecule has 1 aromatic rings. The van der Waals surface area contributed by atoms with Crippen LogP contribution in [-0.2, 0) is 0 Å². The normalized spacial score (nSPS) is 14.7. The van der Waals surface area contributed by atoms with Crippen molar-refractivity contribution in [3.05, 3.63) is 35.9 Å². The highest BCUT2D eigenvalue weighted by atomic mass is 15.3. The van der Waals surface area contributed by atoms with Crippen LogP contribution in [0.15, 0.2) is 35.3 Å². The van der Waals surface area contributed by atoms with Crippen LogP contribution in [0.3, 0.4) is 0 Å². The summed E-state index contributed by atoms with van der Waals surface area (Å²) in [5, 5.41) is 0. The molecule has 0 aliphatic rings. The first kappa shape index (κ1) is 12.7. The van der Waals surface area contributed by atoms with Crippen molar-refractivity contribution in [1.29, 1.82) is 0 Å². The second kappa shape index (κ2) is 5.12. The van der Waals surface area contributed by atoms with Crippen LogP contribution in [0.1, 0.15) is 39.2 Å². The third-order valence-corrected chi connectivity index (χ3v) is 2.31. The summed E-state index contributed by atoms with van der Waals surface area (Å²) in [4.78, 5) is 4.58. The molecule has 0 amide bonds. The molecule has 0 saturated carbocycles. The van der Waals surface area contributed by atoms with Crippen LogP contribution in [0.5, 0.6) is 0 Å². The summed E-state index contributed by atoms with van der Waals surface area (Å²) in [7, 11) is 0. The van der Waals surface area contributed by atoms with Gasteiger partial charge < -0.3 is 5.43 Å². The smallest absolute Gasteiger partial charge is 0.118 e. The molecule has 88 valence electrons. The lowest BCUT2D eigenvalue weighted by molar-refractivity contribution is 0.574. The molecule has 3 heteroatoms. The summed E-state index contributed by atoms with van der Waals surface area (Å²) < 4.78 is 0. The van der Waals surface area contributed by atoms with Gasteiger partial charge in [0, 0.05) is 5.92 Å². The van der Waals surface area contributed by atoms with Crippen LogP contribution >= 0.6 is 0 Å². The average Bonchev–Trinajstić information content (AvgIpc) is 2.25. The van der Waals surface area contributed by atoms with Gasteiger partial charge in [-0.25, -0.2) is 5.84 Å². The Kier molecular flexibility index (Phi) is 4.07. The van der Waals surface area contributed by atoms with E-state index < -0.39 is 0 Å². The Morgan fingerprint density at radius 2 is 1.81 bits per heavy atom. The van der Waals surface area contributed by atoms with Crippen molar-refractivity contribution >= 4 is 5.84 Å². The molecule has 3 nitrogen and oxygen atoms in total. The summed E-state index contributed by atoms with van der Waals surface area (Å²) in [6, 6.07) is 10.2. The van der Waals surface area contributed by atoms with Crippen LogP contribution in [0.2, 0.25) is 0 Å². The number of amidine groups is 1. The third-order valence-electron chi connectivity index (χ3n) is 2.31. The second-order valence-corrected chi connectivity index (χ2v) is 4.94. The third kappa shape index (κ3) is 3.66. The van der Waals surface area contributed by atoms with Crippen LogP contribution in [-0.4, -0.2) is 11.4 Å². The van der Waals surface area contributed by atoms with Crippen LogP contribution in [0, 0.1) is 0 Å². The molecular weight excluding hydrogens is 198 g/mol. The SMILES string of the molecule is CC(C(=NC(C)(C)C)NN)c1ccccc1. The standard InChI is InChI=1S/C13H21N3/c1-10(11-8-6-5-7-9-11)12(16-14)15-13(2,3)4/h5-10H,14H2,1-4H3,(H,15,16). The number of benzene rings is 1. The van der Waals surface area contributed by atoms with Gasteiger partial charge in [-0.05, 0) is 26.3 Å². The fourth-order valence-electron chi connectivity index (χ4n) is 1.52. The topological polar surface area (TPSA) is 50.4 Å². The lowest BCUT2D eigenvalue weighted by Crippen LogP contribution is -2.36. The van der Waals surface area contributed by atoms with E-state index in [9.17, 15) is 0 Å². The molecule has 1 aromatic carbocycles. The van der Waals surface area contributed by atoms with Gasteiger partial charge in [-0.3, -0.25) is 4.99 Å². The molecule has 0 fully saturated rings. The highest BCUT2D eigenvalue weighted by molar-refractivity contribution is 5.88. The van der Waals surface area contributed by atoms with Crippen LogP contribution in [0.25, 0.3) is 0 Å². The molecule has 0 saturated heterocycles. The second-order valence-electron chi connectivity index (χ2n) is 4.94. The Labute approximate surface area is 97.7 Å². The Bertz CT molecular complexity index is 349. The first-order chi connectivity index (χ1) is 7.44. The highest BCUT2D eigenvalue weighted by Crippen LogP contribution is 2.18. The molecule has 1 atom stereocenters. The molecule has 0 heterocycles. The Morgan fingerprint density at radius 1 is 1.25 bits per heavy atom. The quantitative estimate of drug-likeness (QED) is 0.347. The van der Waals surface area contributed by atoms with Crippen molar-refractivity contribution in [3.63, 3.8) is 0 Å². The Morgan fingerprint density at radius 3 is 2.25 bits per heavy atom. The molecule has 0 radical (unpaired) electrons. The van der Waals surface area contributed by atoms with Crippen molar-refractivity contribution in [1.82, 2.24) is 5.43 Å². The van der Waals surface area contributed by atoms with Crippen molar-refractivity contribution < 1.29 is 0 Å². The molecule has 0 aromatic heterocycles. The van der Waals surface area contributed by atoms with Gasteiger partial charge >= 0.3 is 0 Å². The fraction of sp³-hybridized carbons (Fsp3) is 0.462. The molecule has 1 unspecified atom stereocenters. The number of nitrogens with one attached hydrogen (secondary N) is 1. The van der Waals surface area contributed by atoms with E-state index in [2.05, 4.69) is 50.2 Å². The highest BCUT2D eigenvalue weighted by Gasteiger charge is 2.15. The van der Waals surface area contributed by atoms with Gasteiger partial charge in [0.05, 0.1) is 5.54 Å². The Balaban J connectivity index is 2.95. The molecule has 0 spiro atoms. The first-order valence-corrected chi connectivity index (χ1v) is 5.55. The van der Waals surface area contributed by atoms with Gasteiger partial charge in [0.2, 0.25) is 0 Å². The largest absolute Gasteiger partial charge is 0.312 e. The maximum Gasteiger partial charge on any atom is 0.118 e. The lowest BCUT2D eigenvalue weighted by Gasteiger charge is -2.20. The monoisotopic (exact) mass is 219 g/mol. The van der Waals surface area contributed by atoms with Gasteiger partial charge in [-0.2, -0.15) is 0 Å². The summed E-state index contributed by atoms with van der Waals surface area (Å²) in [5.41, 5.74) is 3.80. The lowest BCUT2D eigenvalue weighted by atomic mass is 9.99. The molecule has 0 bridgehead atoms. The van der Waals surface area contributed by atoms with E-state index >= 15 is 0 Å². The zero-order valence-corrected chi connectivity index (χ0v) is 10.5. The summed E-state index contributed by atoms with van der Waals surface area (Å²) in [5.74, 6) is 6.54. The van der Waals surface area contributed by atoms with E-state index in [1.807, 2.05) is 18.2 Å². The molecule has 0 aliphatic heterocycles. The maximum absolute atomic E-state index is 5.54. The number of hydrazine groups is 1. The zero-order valence-electron chi connectivity index (χ0n) is 10.5. The molecule has 1 rings (SSSR count). The summed E-state index contributed by atoms with van der Waals surface area (Å²) >= 11 is 0. The van der Waals surface area contributed by atoms with E-state index in [1.54, 1.807) is 0 Å². The number of rotatable bonds is 2. The van der Waals surface area contributed by atoms with Crippen molar-refractivity contribution in [2.24, 2.45) is 10.8 Å². The van der Waals surface area contributed by atoms with Crippen molar-refractivity contribution in [3.8, 4) is 0 Å². The number of nitrogens with two attached hydrogens (primary N) is 1. The Hall–Kier alpha value is -1.35. The maximum atomic E-state index is 5.54. The van der Waals surface area contributed by atoms with Gasteiger partial charge in [-0.1, -0.05) is 37.3 Å². The van der Waals surface area contributed by atoms with E-state index in [1.165, 1.54) is 5.56 Å². The van der Waals surface area contributed by atoms with E-state index in [4.69, 9.17) is 5.84 Å². The molecular formula is C13H21N3. The van der Waals surface area contributed by atoms with Gasteiger partial charge in [0.1, 0.15) is 5.84 Å². The fourth-order valence-corrected chi connectivity index (χ4v) is 1.52. The zero-order chi connectivity index (χ0) is 12.2. The van der Waals surface area contributed by atoms with Crippen LogP contribution in [0.4, 0.5) is 0 Å². The molecule has 16 heavy (non-hydrogen) atoms. The number of aliphatic imine (C=N–C) groups is 1. The van der Waals surface area contributed by atoms with E-state index in [0.717, 1.165) is 5.84 Å². The minimum absolute atomic E-state index is 0.120. The molecule has 0 aliphatic carbocycles. The minimum Gasteiger partial charge on any atom is -0.312 e. The number of nitrogens with zero attached hydrogens (tertiary/aromatic N) is 1. The minimum atomic E-state index is -0.120.